The molecule has 0 unspecified atom stereocenters. The summed E-state index contributed by atoms with van der Waals surface area (Å²) >= 11 is 1.84. The minimum absolute atomic E-state index is 1.06. The maximum absolute atomic E-state index is 3.73. The van der Waals surface area contributed by atoms with E-state index in [1.54, 1.807) is 0 Å². The van der Waals surface area contributed by atoms with E-state index >= 15 is 0 Å². The molecule has 11 rings (SSSR count). The molecular weight excluding hydrogens is 699 g/mol. The summed E-state index contributed by atoms with van der Waals surface area (Å²) in [6, 6.07) is 74.5. The first-order chi connectivity index (χ1) is 27.7. The number of anilines is 5. The Bertz CT molecular complexity index is 3190. The number of para-hydroxylation sites is 3. The van der Waals surface area contributed by atoms with Crippen molar-refractivity contribution in [2.24, 2.45) is 0 Å². The number of nitrogens with zero attached hydrogens (tertiary/aromatic N) is 2. The van der Waals surface area contributed by atoms with Gasteiger partial charge in [-0.2, -0.15) is 0 Å². The molecule has 0 radical (unpaired) electrons. The largest absolute Gasteiger partial charge is 0.355 e. The highest BCUT2D eigenvalue weighted by atomic mass is 32.1. The lowest BCUT2D eigenvalue weighted by Gasteiger charge is -2.25. The van der Waals surface area contributed by atoms with Crippen LogP contribution in [0.1, 0.15) is 0 Å². The number of hydrogen-bond acceptors (Lipinski definition) is 3. The highest BCUT2D eigenvalue weighted by molar-refractivity contribution is 7.25. The standard InChI is InChI=1S/C52H35N3S/c1-3-16-41(17-4-1)54(42-18-5-2-6-19-42)44-26-29-48-47-28-24-40(33-51(47)56-52(48)34-44)53-39-15-11-14-36(30-39)38-23-27-46-45-20-9-10-21-49(45)55(50(46)32-38)43-25-22-35-12-7-8-13-37(35)31-43/h1-34,53H. The number of fused-ring (bicyclic) bond motifs is 7. The van der Waals surface area contributed by atoms with Gasteiger partial charge in [-0.3, -0.25) is 0 Å². The average Bonchev–Trinajstić information content (AvgIpc) is 3.79. The second-order valence-corrected chi connectivity index (χ2v) is 15.4. The highest BCUT2D eigenvalue weighted by Crippen LogP contribution is 2.42. The first kappa shape index (κ1) is 32.3. The van der Waals surface area contributed by atoms with Crippen LogP contribution in [-0.2, 0) is 0 Å². The Balaban J connectivity index is 0.932. The van der Waals surface area contributed by atoms with E-state index in [0.717, 1.165) is 28.4 Å². The summed E-state index contributed by atoms with van der Waals surface area (Å²) in [6.07, 6.45) is 0. The van der Waals surface area contributed by atoms with Crippen LogP contribution in [0.4, 0.5) is 28.4 Å². The third-order valence-corrected chi connectivity index (χ3v) is 12.0. The molecule has 0 aliphatic rings. The zero-order chi connectivity index (χ0) is 37.0. The van der Waals surface area contributed by atoms with Gasteiger partial charge in [0.25, 0.3) is 0 Å². The molecule has 0 amide bonds. The molecule has 0 saturated heterocycles. The van der Waals surface area contributed by atoms with Crippen molar-refractivity contribution < 1.29 is 0 Å². The maximum Gasteiger partial charge on any atom is 0.0547 e. The van der Waals surface area contributed by atoms with Gasteiger partial charge in [-0.1, -0.05) is 121 Å². The Morgan fingerprint density at radius 1 is 0.375 bits per heavy atom. The molecule has 0 bridgehead atoms. The van der Waals surface area contributed by atoms with Crippen molar-refractivity contribution in [1.29, 1.82) is 0 Å². The summed E-state index contributed by atoms with van der Waals surface area (Å²) in [6.45, 7) is 0. The van der Waals surface area contributed by atoms with Gasteiger partial charge in [-0.15, -0.1) is 11.3 Å². The molecule has 0 atom stereocenters. The molecule has 0 aliphatic carbocycles. The Morgan fingerprint density at radius 3 is 1.84 bits per heavy atom. The van der Waals surface area contributed by atoms with E-state index in [1.807, 2.05) is 11.3 Å². The van der Waals surface area contributed by atoms with Gasteiger partial charge in [-0.05, 0) is 107 Å². The molecule has 2 heterocycles. The van der Waals surface area contributed by atoms with Crippen molar-refractivity contribution in [2.75, 3.05) is 10.2 Å². The predicted molar refractivity (Wildman–Crippen MR) is 241 cm³/mol. The van der Waals surface area contributed by atoms with Crippen LogP contribution in [0.5, 0.6) is 0 Å². The minimum Gasteiger partial charge on any atom is -0.355 e. The quantitative estimate of drug-likeness (QED) is 0.176. The van der Waals surface area contributed by atoms with Crippen LogP contribution in [0.2, 0.25) is 0 Å². The van der Waals surface area contributed by atoms with E-state index < -0.39 is 0 Å². The first-order valence-corrected chi connectivity index (χ1v) is 19.8. The van der Waals surface area contributed by atoms with Crippen LogP contribution < -0.4 is 10.2 Å². The van der Waals surface area contributed by atoms with Gasteiger partial charge < -0.3 is 14.8 Å². The van der Waals surface area contributed by atoms with Crippen LogP contribution in [-0.4, -0.2) is 4.57 Å². The number of thiophene rings is 1. The summed E-state index contributed by atoms with van der Waals surface area (Å²) < 4.78 is 4.94. The monoisotopic (exact) mass is 733 g/mol. The second kappa shape index (κ2) is 13.3. The molecule has 56 heavy (non-hydrogen) atoms. The first-order valence-electron chi connectivity index (χ1n) is 19.0. The lowest BCUT2D eigenvalue weighted by Crippen LogP contribution is -2.09. The smallest absolute Gasteiger partial charge is 0.0547 e. The van der Waals surface area contributed by atoms with Crippen molar-refractivity contribution in [3.05, 3.63) is 206 Å². The predicted octanol–water partition coefficient (Wildman–Crippen LogP) is 15.2. The van der Waals surface area contributed by atoms with Crippen LogP contribution in [0.25, 0.3) is 69.6 Å². The van der Waals surface area contributed by atoms with Gasteiger partial charge in [0.2, 0.25) is 0 Å². The average molecular weight is 734 g/mol. The van der Waals surface area contributed by atoms with Crippen LogP contribution >= 0.6 is 11.3 Å². The third kappa shape index (κ3) is 5.58. The molecule has 1 N–H and O–H groups in total. The summed E-state index contributed by atoms with van der Waals surface area (Å²) in [7, 11) is 0. The Labute approximate surface area is 328 Å². The molecule has 0 saturated carbocycles. The minimum atomic E-state index is 1.06. The van der Waals surface area contributed by atoms with E-state index in [2.05, 4.69) is 221 Å². The summed E-state index contributed by atoms with van der Waals surface area (Å²) in [5.41, 5.74) is 11.5. The number of benzene rings is 9. The van der Waals surface area contributed by atoms with Crippen molar-refractivity contribution in [3.63, 3.8) is 0 Å². The fourth-order valence-electron chi connectivity index (χ4n) is 8.27. The number of hydrogen-bond donors (Lipinski definition) is 1. The second-order valence-electron chi connectivity index (χ2n) is 14.3. The van der Waals surface area contributed by atoms with E-state index in [-0.39, 0.29) is 0 Å². The van der Waals surface area contributed by atoms with E-state index in [1.165, 1.54) is 69.6 Å². The molecule has 4 heteroatoms. The molecule has 264 valence electrons. The zero-order valence-corrected chi connectivity index (χ0v) is 31.2. The van der Waals surface area contributed by atoms with E-state index in [9.17, 15) is 0 Å². The lowest BCUT2D eigenvalue weighted by molar-refractivity contribution is 1.19. The zero-order valence-electron chi connectivity index (χ0n) is 30.4. The van der Waals surface area contributed by atoms with E-state index in [0.29, 0.717) is 0 Å². The van der Waals surface area contributed by atoms with Gasteiger partial charge in [-0.25, -0.2) is 0 Å². The van der Waals surface area contributed by atoms with Gasteiger partial charge >= 0.3 is 0 Å². The number of aromatic nitrogens is 1. The summed E-state index contributed by atoms with van der Waals surface area (Å²) in [5, 5.41) is 11.3. The van der Waals surface area contributed by atoms with Crippen molar-refractivity contribution in [2.45, 2.75) is 0 Å². The Morgan fingerprint density at radius 2 is 1.02 bits per heavy atom. The van der Waals surface area contributed by atoms with E-state index in [4.69, 9.17) is 0 Å². The molecule has 2 aromatic heterocycles. The fraction of sp³-hybridized carbons (Fsp3) is 0. The third-order valence-electron chi connectivity index (χ3n) is 10.9. The lowest BCUT2D eigenvalue weighted by atomic mass is 10.0. The molecule has 0 fully saturated rings. The summed E-state index contributed by atoms with van der Waals surface area (Å²) in [4.78, 5) is 2.32. The number of rotatable bonds is 7. The summed E-state index contributed by atoms with van der Waals surface area (Å²) in [5.74, 6) is 0. The van der Waals surface area contributed by atoms with Gasteiger partial charge in [0.05, 0.1) is 11.0 Å². The Kier molecular flexibility index (Phi) is 7.68. The van der Waals surface area contributed by atoms with Crippen molar-refractivity contribution in [3.8, 4) is 16.8 Å². The van der Waals surface area contributed by atoms with Crippen LogP contribution in [0.3, 0.4) is 0 Å². The van der Waals surface area contributed by atoms with Gasteiger partial charge in [0, 0.05) is 65.1 Å². The maximum atomic E-state index is 3.73. The number of nitrogens with one attached hydrogen (secondary N) is 1. The normalized spacial score (nSPS) is 11.6. The molecule has 11 aromatic rings. The highest BCUT2D eigenvalue weighted by Gasteiger charge is 2.16. The van der Waals surface area contributed by atoms with Gasteiger partial charge in [0.1, 0.15) is 0 Å². The molecule has 0 spiro atoms. The van der Waals surface area contributed by atoms with Crippen LogP contribution in [0.15, 0.2) is 206 Å². The fourth-order valence-corrected chi connectivity index (χ4v) is 9.45. The molecule has 3 nitrogen and oxygen atoms in total. The van der Waals surface area contributed by atoms with Crippen molar-refractivity contribution in [1.82, 2.24) is 4.57 Å². The molecule has 9 aromatic carbocycles. The Hall–Kier alpha value is -7.14. The SMILES string of the molecule is c1ccc(N(c2ccccc2)c2ccc3c(c2)sc2cc(Nc4cccc(-c5ccc6c7ccccc7n(-c7ccc8ccccc8c7)c6c5)c4)ccc23)cc1. The van der Waals surface area contributed by atoms with Crippen molar-refractivity contribution >= 4 is 92.5 Å². The van der Waals surface area contributed by atoms with Gasteiger partial charge in [0.15, 0.2) is 0 Å². The molecule has 0 aliphatic heterocycles. The van der Waals surface area contributed by atoms with Crippen LogP contribution in [0, 0.1) is 0 Å². The molecular formula is C52H35N3S. The topological polar surface area (TPSA) is 20.2 Å².